The molecular formula is C18H19FN2O2. The molecule has 0 fully saturated rings. The minimum atomic E-state index is -0.694. The maximum atomic E-state index is 14.4. The van der Waals surface area contributed by atoms with Gasteiger partial charge in [-0.1, -0.05) is 30.3 Å². The Morgan fingerprint density at radius 1 is 1.35 bits per heavy atom. The molecule has 2 N–H and O–H groups in total. The van der Waals surface area contributed by atoms with Gasteiger partial charge in [0.15, 0.2) is 0 Å². The van der Waals surface area contributed by atoms with Crippen LogP contribution in [0.1, 0.15) is 27.0 Å². The minimum Gasteiger partial charge on any atom is -0.298 e. The Morgan fingerprint density at radius 3 is 2.78 bits per heavy atom. The van der Waals surface area contributed by atoms with Crippen LogP contribution in [-0.4, -0.2) is 29.1 Å². The van der Waals surface area contributed by atoms with E-state index in [0.29, 0.717) is 18.5 Å². The summed E-state index contributed by atoms with van der Waals surface area (Å²) < 4.78 is 14.4. The number of carbonyl (C=O) groups is 1. The highest BCUT2D eigenvalue weighted by Gasteiger charge is 2.27. The topological polar surface area (TPSA) is 52.6 Å². The van der Waals surface area contributed by atoms with Crippen LogP contribution in [0, 0.1) is 5.82 Å². The molecule has 0 bridgehead atoms. The minimum absolute atomic E-state index is 0.138. The van der Waals surface area contributed by atoms with Gasteiger partial charge in [-0.25, -0.2) is 9.87 Å². The summed E-state index contributed by atoms with van der Waals surface area (Å²) in [7, 11) is 2.01. The molecular weight excluding hydrogens is 295 g/mol. The van der Waals surface area contributed by atoms with E-state index in [-0.39, 0.29) is 17.4 Å². The number of hydrogen-bond donors (Lipinski definition) is 2. The smallest absolute Gasteiger partial charge is 0.274 e. The summed E-state index contributed by atoms with van der Waals surface area (Å²) in [5.74, 6) is -1.08. The zero-order valence-electron chi connectivity index (χ0n) is 12.9. The number of hydrogen-bond acceptors (Lipinski definition) is 3. The number of fused-ring (bicyclic) bond motifs is 1. The Bertz CT molecular complexity index is 718. The van der Waals surface area contributed by atoms with E-state index < -0.39 is 5.91 Å². The van der Waals surface area contributed by atoms with E-state index in [1.165, 1.54) is 11.6 Å². The van der Waals surface area contributed by atoms with Crippen LogP contribution < -0.4 is 5.48 Å². The maximum absolute atomic E-state index is 14.4. The Morgan fingerprint density at radius 2 is 2.09 bits per heavy atom. The first kappa shape index (κ1) is 15.6. The third kappa shape index (κ3) is 3.25. The van der Waals surface area contributed by atoms with Gasteiger partial charge in [-0.3, -0.25) is 14.9 Å². The van der Waals surface area contributed by atoms with Crippen LogP contribution in [0.3, 0.4) is 0 Å². The SMILES string of the molecule is CN1Cc2cc(C(=O)NO)cc(F)c2CC1Cc1ccccc1. The fraction of sp³-hybridized carbons (Fsp3) is 0.278. The molecule has 0 spiro atoms. The number of nitrogens with zero attached hydrogens (tertiary/aromatic N) is 1. The molecule has 23 heavy (non-hydrogen) atoms. The van der Waals surface area contributed by atoms with E-state index in [1.54, 1.807) is 11.5 Å². The Kier molecular flexibility index (Phi) is 4.41. The van der Waals surface area contributed by atoms with Crippen molar-refractivity contribution >= 4 is 5.91 Å². The summed E-state index contributed by atoms with van der Waals surface area (Å²) in [6.07, 6.45) is 1.46. The van der Waals surface area contributed by atoms with Gasteiger partial charge in [0.1, 0.15) is 5.82 Å². The zero-order chi connectivity index (χ0) is 16.4. The van der Waals surface area contributed by atoms with E-state index in [1.807, 2.05) is 25.2 Å². The number of amides is 1. The van der Waals surface area contributed by atoms with E-state index >= 15 is 0 Å². The maximum Gasteiger partial charge on any atom is 0.274 e. The number of nitrogens with one attached hydrogen (secondary N) is 1. The van der Waals surface area contributed by atoms with E-state index in [4.69, 9.17) is 5.21 Å². The molecule has 3 rings (SSSR count). The molecule has 5 heteroatoms. The van der Waals surface area contributed by atoms with Crippen molar-refractivity contribution in [1.29, 1.82) is 0 Å². The lowest BCUT2D eigenvalue weighted by Gasteiger charge is -2.34. The molecule has 0 saturated carbocycles. The third-order valence-corrected chi connectivity index (χ3v) is 4.45. The van der Waals surface area contributed by atoms with Gasteiger partial charge in [0, 0.05) is 18.2 Å². The molecule has 1 atom stereocenters. The fourth-order valence-electron chi connectivity index (χ4n) is 3.16. The average Bonchev–Trinajstić information content (AvgIpc) is 2.56. The van der Waals surface area contributed by atoms with Gasteiger partial charge in [0.25, 0.3) is 5.91 Å². The Hall–Kier alpha value is -2.24. The van der Waals surface area contributed by atoms with Crippen LogP contribution >= 0.6 is 0 Å². The van der Waals surface area contributed by atoms with Gasteiger partial charge in [0.2, 0.25) is 0 Å². The van der Waals surface area contributed by atoms with Crippen LogP contribution in [0.4, 0.5) is 4.39 Å². The summed E-state index contributed by atoms with van der Waals surface area (Å²) in [5.41, 5.74) is 4.38. The summed E-state index contributed by atoms with van der Waals surface area (Å²) in [4.78, 5) is 13.7. The lowest BCUT2D eigenvalue weighted by molar-refractivity contribution is 0.0705. The summed E-state index contributed by atoms with van der Waals surface area (Å²) in [5, 5.41) is 8.71. The van der Waals surface area contributed by atoms with E-state index in [9.17, 15) is 9.18 Å². The molecule has 2 aromatic carbocycles. The van der Waals surface area contributed by atoms with Crippen LogP contribution in [0.15, 0.2) is 42.5 Å². The van der Waals surface area contributed by atoms with Gasteiger partial charge in [-0.15, -0.1) is 0 Å². The van der Waals surface area contributed by atoms with Crippen molar-refractivity contribution in [3.63, 3.8) is 0 Å². The molecule has 1 amide bonds. The monoisotopic (exact) mass is 314 g/mol. The molecule has 1 heterocycles. The number of carbonyl (C=O) groups excluding carboxylic acids is 1. The molecule has 0 saturated heterocycles. The Labute approximate surface area is 134 Å². The highest BCUT2D eigenvalue weighted by molar-refractivity contribution is 5.93. The molecule has 0 aromatic heterocycles. The standard InChI is InChI=1S/C18H19FN2O2/c1-21-11-14-8-13(18(22)20-23)9-17(19)16(14)10-15(21)7-12-5-3-2-4-6-12/h2-6,8-9,15,23H,7,10-11H2,1H3,(H,20,22). The largest absolute Gasteiger partial charge is 0.298 e. The number of halogens is 1. The fourth-order valence-corrected chi connectivity index (χ4v) is 3.16. The van der Waals surface area contributed by atoms with Crippen molar-refractivity contribution in [2.45, 2.75) is 25.4 Å². The predicted molar refractivity (Wildman–Crippen MR) is 84.8 cm³/mol. The highest BCUT2D eigenvalue weighted by Crippen LogP contribution is 2.27. The average molecular weight is 314 g/mol. The molecule has 0 aliphatic carbocycles. The lowest BCUT2D eigenvalue weighted by atomic mass is 9.89. The molecule has 2 aromatic rings. The van der Waals surface area contributed by atoms with Gasteiger partial charge in [0.05, 0.1) is 0 Å². The second kappa shape index (κ2) is 6.48. The van der Waals surface area contributed by atoms with E-state index in [0.717, 1.165) is 12.0 Å². The predicted octanol–water partition coefficient (Wildman–Crippen LogP) is 2.54. The third-order valence-electron chi connectivity index (χ3n) is 4.45. The van der Waals surface area contributed by atoms with Crippen molar-refractivity contribution in [1.82, 2.24) is 10.4 Å². The number of likely N-dealkylation sites (N-methyl/N-ethyl adjacent to an activating group) is 1. The zero-order valence-corrected chi connectivity index (χ0v) is 12.9. The summed E-state index contributed by atoms with van der Waals surface area (Å²) in [6, 6.07) is 13.2. The highest BCUT2D eigenvalue weighted by atomic mass is 19.1. The van der Waals surface area contributed by atoms with Crippen molar-refractivity contribution in [3.05, 3.63) is 70.5 Å². The van der Waals surface area contributed by atoms with Gasteiger partial charge in [-0.2, -0.15) is 0 Å². The number of rotatable bonds is 3. The summed E-state index contributed by atoms with van der Waals surface area (Å²) >= 11 is 0. The molecule has 4 nitrogen and oxygen atoms in total. The van der Waals surface area contributed by atoms with Crippen LogP contribution in [0.5, 0.6) is 0 Å². The first-order valence-electron chi connectivity index (χ1n) is 7.58. The molecule has 120 valence electrons. The second-order valence-corrected chi connectivity index (χ2v) is 6.00. The normalized spacial score (nSPS) is 17.6. The van der Waals surface area contributed by atoms with Crippen LogP contribution in [0.25, 0.3) is 0 Å². The molecule has 1 aliphatic heterocycles. The number of hydroxylamine groups is 1. The van der Waals surface area contributed by atoms with Crippen LogP contribution in [-0.2, 0) is 19.4 Å². The molecule has 1 aliphatic rings. The first-order chi connectivity index (χ1) is 11.1. The number of benzene rings is 2. The van der Waals surface area contributed by atoms with Gasteiger partial charge in [-0.05, 0) is 48.7 Å². The van der Waals surface area contributed by atoms with Crippen LogP contribution in [0.2, 0.25) is 0 Å². The van der Waals surface area contributed by atoms with Crippen molar-refractivity contribution in [2.24, 2.45) is 0 Å². The lowest BCUT2D eigenvalue weighted by Crippen LogP contribution is -2.39. The van der Waals surface area contributed by atoms with Crippen molar-refractivity contribution in [3.8, 4) is 0 Å². The molecule has 0 radical (unpaired) electrons. The van der Waals surface area contributed by atoms with Crippen molar-refractivity contribution in [2.75, 3.05) is 7.05 Å². The summed E-state index contributed by atoms with van der Waals surface area (Å²) in [6.45, 7) is 0.580. The van der Waals surface area contributed by atoms with Gasteiger partial charge < -0.3 is 0 Å². The Balaban J connectivity index is 1.86. The quantitative estimate of drug-likeness (QED) is 0.676. The second-order valence-electron chi connectivity index (χ2n) is 6.00. The first-order valence-corrected chi connectivity index (χ1v) is 7.58. The van der Waals surface area contributed by atoms with Gasteiger partial charge >= 0.3 is 0 Å². The van der Waals surface area contributed by atoms with Crippen molar-refractivity contribution < 1.29 is 14.4 Å². The molecule has 1 unspecified atom stereocenters. The van der Waals surface area contributed by atoms with E-state index in [2.05, 4.69) is 17.0 Å².